The topological polar surface area (TPSA) is 92.5 Å². The fourth-order valence-corrected chi connectivity index (χ4v) is 5.34. The standard InChI is InChI=1S/C16H23N3O3S/c1-11-3-2-8-19(15(11)10-17)23(21,22)13-5-4-12-6-7-18-16(20)14(12)9-13/h4-5,9,11,15H,2-3,6-8,10,17H2,1H3,(H,18,20)/t11-,15+/m0/s1. The highest BCUT2D eigenvalue weighted by molar-refractivity contribution is 7.89. The van der Waals surface area contributed by atoms with Crippen LogP contribution in [0, 0.1) is 5.92 Å². The molecule has 0 aliphatic carbocycles. The molecule has 2 aliphatic heterocycles. The van der Waals surface area contributed by atoms with Crippen LogP contribution in [0.25, 0.3) is 0 Å². The molecule has 2 aliphatic rings. The average Bonchev–Trinajstić information content (AvgIpc) is 2.54. The maximum Gasteiger partial charge on any atom is 0.251 e. The Bertz CT molecular complexity index is 717. The Kier molecular flexibility index (Phi) is 4.44. The van der Waals surface area contributed by atoms with Crippen molar-refractivity contribution in [2.75, 3.05) is 19.6 Å². The molecule has 0 spiro atoms. The zero-order chi connectivity index (χ0) is 16.6. The number of carbonyl (C=O) groups excluding carboxylic acids is 1. The molecular formula is C16H23N3O3S. The van der Waals surface area contributed by atoms with E-state index in [1.54, 1.807) is 12.1 Å². The third kappa shape index (κ3) is 2.88. The molecule has 6 nitrogen and oxygen atoms in total. The second-order valence-electron chi connectivity index (χ2n) is 6.36. The first-order chi connectivity index (χ1) is 10.9. The van der Waals surface area contributed by atoms with Gasteiger partial charge in [-0.1, -0.05) is 13.0 Å². The van der Waals surface area contributed by atoms with Crippen LogP contribution in [0.3, 0.4) is 0 Å². The highest BCUT2D eigenvalue weighted by atomic mass is 32.2. The molecule has 0 unspecified atom stereocenters. The second kappa shape index (κ2) is 6.22. The number of hydrogen-bond acceptors (Lipinski definition) is 4. The number of rotatable bonds is 3. The van der Waals surface area contributed by atoms with E-state index >= 15 is 0 Å². The quantitative estimate of drug-likeness (QED) is 0.850. The molecule has 0 aromatic heterocycles. The van der Waals surface area contributed by atoms with E-state index in [4.69, 9.17) is 5.73 Å². The molecule has 2 atom stereocenters. The minimum Gasteiger partial charge on any atom is -0.352 e. The van der Waals surface area contributed by atoms with Gasteiger partial charge < -0.3 is 11.1 Å². The summed E-state index contributed by atoms with van der Waals surface area (Å²) in [5.41, 5.74) is 7.18. The van der Waals surface area contributed by atoms with Crippen LogP contribution >= 0.6 is 0 Å². The van der Waals surface area contributed by atoms with Gasteiger partial charge in [0.15, 0.2) is 0 Å². The molecule has 1 fully saturated rings. The first-order valence-corrected chi connectivity index (χ1v) is 9.52. The van der Waals surface area contributed by atoms with Crippen LogP contribution in [-0.2, 0) is 16.4 Å². The lowest BCUT2D eigenvalue weighted by Crippen LogP contribution is -2.51. The lowest BCUT2D eigenvalue weighted by atomic mass is 9.93. The van der Waals surface area contributed by atoms with Gasteiger partial charge in [-0.25, -0.2) is 8.42 Å². The Morgan fingerprint density at radius 1 is 1.39 bits per heavy atom. The zero-order valence-corrected chi connectivity index (χ0v) is 14.1. The van der Waals surface area contributed by atoms with Crippen molar-refractivity contribution in [2.24, 2.45) is 11.7 Å². The van der Waals surface area contributed by atoms with Gasteiger partial charge in [0.2, 0.25) is 10.0 Å². The molecule has 1 aromatic carbocycles. The third-order valence-corrected chi connectivity index (χ3v) is 6.84. The van der Waals surface area contributed by atoms with E-state index in [0.717, 1.165) is 24.8 Å². The summed E-state index contributed by atoms with van der Waals surface area (Å²) in [6, 6.07) is 4.69. The maximum absolute atomic E-state index is 13.0. The van der Waals surface area contributed by atoms with Crippen LogP contribution < -0.4 is 11.1 Å². The monoisotopic (exact) mass is 337 g/mol. The lowest BCUT2D eigenvalue weighted by molar-refractivity contribution is 0.0945. The van der Waals surface area contributed by atoms with E-state index in [1.807, 2.05) is 6.92 Å². The first-order valence-electron chi connectivity index (χ1n) is 8.08. The van der Waals surface area contributed by atoms with Gasteiger partial charge in [-0.15, -0.1) is 0 Å². The Morgan fingerprint density at radius 3 is 2.91 bits per heavy atom. The van der Waals surface area contributed by atoms with Crippen molar-refractivity contribution in [1.29, 1.82) is 0 Å². The normalized spacial score (nSPS) is 25.7. The summed E-state index contributed by atoms with van der Waals surface area (Å²) in [6.07, 6.45) is 2.55. The predicted octanol–water partition coefficient (Wildman–Crippen LogP) is 0.720. The largest absolute Gasteiger partial charge is 0.352 e. The molecule has 0 radical (unpaired) electrons. The van der Waals surface area contributed by atoms with Crippen LogP contribution in [0.1, 0.15) is 35.7 Å². The molecule has 0 bridgehead atoms. The SMILES string of the molecule is C[C@H]1CCCN(S(=O)(=O)c2ccc3c(c2)C(=O)NCC3)[C@@H]1CN. The highest BCUT2D eigenvalue weighted by Crippen LogP contribution is 2.29. The number of hydrogen-bond donors (Lipinski definition) is 2. The number of nitrogens with zero attached hydrogens (tertiary/aromatic N) is 1. The van der Waals surface area contributed by atoms with Crippen molar-refractivity contribution >= 4 is 15.9 Å². The number of piperidine rings is 1. The molecule has 126 valence electrons. The Labute approximate surface area is 137 Å². The van der Waals surface area contributed by atoms with E-state index in [1.165, 1.54) is 10.4 Å². The van der Waals surface area contributed by atoms with Crippen molar-refractivity contribution in [2.45, 2.75) is 37.1 Å². The molecule has 1 amide bonds. The predicted molar refractivity (Wildman–Crippen MR) is 87.6 cm³/mol. The van der Waals surface area contributed by atoms with Crippen LogP contribution in [0.2, 0.25) is 0 Å². The van der Waals surface area contributed by atoms with Crippen LogP contribution in [-0.4, -0.2) is 44.3 Å². The highest BCUT2D eigenvalue weighted by Gasteiger charge is 2.36. The average molecular weight is 337 g/mol. The van der Waals surface area contributed by atoms with E-state index in [2.05, 4.69) is 5.32 Å². The number of carbonyl (C=O) groups is 1. The summed E-state index contributed by atoms with van der Waals surface area (Å²) in [6.45, 7) is 3.43. The molecule has 0 saturated carbocycles. The van der Waals surface area contributed by atoms with Crippen LogP contribution in [0.4, 0.5) is 0 Å². The van der Waals surface area contributed by atoms with Gasteiger partial charge >= 0.3 is 0 Å². The maximum atomic E-state index is 13.0. The van der Waals surface area contributed by atoms with Crippen molar-refractivity contribution in [3.63, 3.8) is 0 Å². The molecule has 23 heavy (non-hydrogen) atoms. The van der Waals surface area contributed by atoms with Gasteiger partial charge in [0.05, 0.1) is 4.90 Å². The third-order valence-electron chi connectivity index (χ3n) is 4.92. The lowest BCUT2D eigenvalue weighted by Gasteiger charge is -2.38. The fraction of sp³-hybridized carbons (Fsp3) is 0.562. The number of benzene rings is 1. The molecule has 1 saturated heterocycles. The van der Waals surface area contributed by atoms with Gasteiger partial charge in [0.25, 0.3) is 5.91 Å². The van der Waals surface area contributed by atoms with Crippen LogP contribution in [0.5, 0.6) is 0 Å². The van der Waals surface area contributed by atoms with Gasteiger partial charge in [-0.3, -0.25) is 4.79 Å². The summed E-state index contributed by atoms with van der Waals surface area (Å²) in [4.78, 5) is 12.2. The van der Waals surface area contributed by atoms with Gasteiger partial charge in [0.1, 0.15) is 0 Å². The summed E-state index contributed by atoms with van der Waals surface area (Å²) < 4.78 is 27.6. The van der Waals surface area contributed by atoms with Gasteiger partial charge in [0, 0.05) is 31.2 Å². The molecule has 1 aromatic rings. The first kappa shape index (κ1) is 16.4. The number of nitrogens with one attached hydrogen (secondary N) is 1. The Hall–Kier alpha value is -1.44. The summed E-state index contributed by atoms with van der Waals surface area (Å²) in [5.74, 6) is 0.0372. The smallest absolute Gasteiger partial charge is 0.251 e. The molecule has 3 N–H and O–H groups in total. The number of amides is 1. The number of fused-ring (bicyclic) bond motifs is 1. The van der Waals surface area contributed by atoms with E-state index in [-0.39, 0.29) is 22.8 Å². The minimum atomic E-state index is -3.64. The summed E-state index contributed by atoms with van der Waals surface area (Å²) >= 11 is 0. The van der Waals surface area contributed by atoms with E-state index < -0.39 is 10.0 Å². The minimum absolute atomic E-state index is 0.181. The zero-order valence-electron chi connectivity index (χ0n) is 13.3. The fourth-order valence-electron chi connectivity index (χ4n) is 3.55. The van der Waals surface area contributed by atoms with Crippen molar-refractivity contribution in [3.05, 3.63) is 29.3 Å². The van der Waals surface area contributed by atoms with Crippen molar-refractivity contribution in [3.8, 4) is 0 Å². The van der Waals surface area contributed by atoms with Crippen molar-refractivity contribution in [1.82, 2.24) is 9.62 Å². The van der Waals surface area contributed by atoms with E-state index in [9.17, 15) is 13.2 Å². The molecule has 3 rings (SSSR count). The van der Waals surface area contributed by atoms with E-state index in [0.29, 0.717) is 25.2 Å². The number of nitrogens with two attached hydrogens (primary N) is 1. The van der Waals surface area contributed by atoms with Gasteiger partial charge in [-0.05, 0) is 42.9 Å². The Morgan fingerprint density at radius 2 is 2.17 bits per heavy atom. The number of sulfonamides is 1. The molecular weight excluding hydrogens is 314 g/mol. The van der Waals surface area contributed by atoms with Gasteiger partial charge in [-0.2, -0.15) is 4.31 Å². The molecule has 2 heterocycles. The molecule has 7 heteroatoms. The summed E-state index contributed by atoms with van der Waals surface area (Å²) in [7, 11) is -3.64. The van der Waals surface area contributed by atoms with Crippen molar-refractivity contribution < 1.29 is 13.2 Å². The second-order valence-corrected chi connectivity index (χ2v) is 8.25. The summed E-state index contributed by atoms with van der Waals surface area (Å²) in [5, 5.41) is 2.76. The Balaban J connectivity index is 1.99. The van der Waals surface area contributed by atoms with Crippen LogP contribution in [0.15, 0.2) is 23.1 Å².